The first kappa shape index (κ1) is 14.7. The van der Waals surface area contributed by atoms with Gasteiger partial charge in [-0.1, -0.05) is 6.92 Å². The third kappa shape index (κ3) is 6.20. The maximum Gasteiger partial charge on any atom is 0.0543 e. The van der Waals surface area contributed by atoms with Crippen LogP contribution in [0, 0.1) is 0 Å². The third-order valence-electron chi connectivity index (χ3n) is 3.07. The summed E-state index contributed by atoms with van der Waals surface area (Å²) in [5.41, 5.74) is 1.45. The molecule has 0 radical (unpaired) electrons. The van der Waals surface area contributed by atoms with E-state index in [0.29, 0.717) is 12.1 Å². The van der Waals surface area contributed by atoms with Crippen LogP contribution in [0.15, 0.2) is 16.8 Å². The molecule has 0 aliphatic heterocycles. The third-order valence-corrected chi connectivity index (χ3v) is 3.80. The number of nitrogens with one attached hydrogen (secondary N) is 1. The molecular formula is C14H25NOS. The summed E-state index contributed by atoms with van der Waals surface area (Å²) in [5.74, 6) is 0. The van der Waals surface area contributed by atoms with Crippen molar-refractivity contribution in [3.8, 4) is 0 Å². The fourth-order valence-electron chi connectivity index (χ4n) is 1.87. The van der Waals surface area contributed by atoms with E-state index in [4.69, 9.17) is 4.74 Å². The molecule has 0 aliphatic carbocycles. The molecule has 0 saturated heterocycles. The maximum absolute atomic E-state index is 5.31. The van der Waals surface area contributed by atoms with Gasteiger partial charge in [0.15, 0.2) is 0 Å². The number of hydrogen-bond acceptors (Lipinski definition) is 3. The van der Waals surface area contributed by atoms with Gasteiger partial charge in [0.2, 0.25) is 0 Å². The molecule has 0 saturated carbocycles. The van der Waals surface area contributed by atoms with Crippen molar-refractivity contribution in [3.05, 3.63) is 22.4 Å². The van der Waals surface area contributed by atoms with Crippen molar-refractivity contribution in [1.29, 1.82) is 0 Å². The zero-order valence-corrected chi connectivity index (χ0v) is 12.1. The van der Waals surface area contributed by atoms with Crippen LogP contribution in [0.2, 0.25) is 0 Å². The molecule has 0 fully saturated rings. The Morgan fingerprint density at radius 3 is 2.82 bits per heavy atom. The van der Waals surface area contributed by atoms with Crippen LogP contribution in [0.3, 0.4) is 0 Å². The highest BCUT2D eigenvalue weighted by Crippen LogP contribution is 2.13. The molecule has 0 spiro atoms. The quantitative estimate of drug-likeness (QED) is 0.729. The molecule has 98 valence electrons. The van der Waals surface area contributed by atoms with E-state index in [1.165, 1.54) is 18.4 Å². The average Bonchev–Trinajstić information content (AvgIpc) is 2.84. The van der Waals surface area contributed by atoms with Crippen LogP contribution in [0.1, 0.15) is 38.7 Å². The highest BCUT2D eigenvalue weighted by molar-refractivity contribution is 7.07. The number of hydrogen-bond donors (Lipinski definition) is 1. The molecule has 0 amide bonds. The lowest BCUT2D eigenvalue weighted by atomic mass is 10.0. The highest BCUT2D eigenvalue weighted by Gasteiger charge is 2.11. The fourth-order valence-corrected chi connectivity index (χ4v) is 2.55. The first-order valence-corrected chi connectivity index (χ1v) is 7.47. The summed E-state index contributed by atoms with van der Waals surface area (Å²) in [5, 5.41) is 8.04. The summed E-state index contributed by atoms with van der Waals surface area (Å²) < 4.78 is 5.31. The normalized spacial score (nSPS) is 14.8. The Kier molecular flexibility index (Phi) is 7.49. The van der Waals surface area contributed by atoms with E-state index >= 15 is 0 Å². The monoisotopic (exact) mass is 255 g/mol. The molecule has 0 bridgehead atoms. The summed E-state index contributed by atoms with van der Waals surface area (Å²) in [4.78, 5) is 0. The molecule has 1 heterocycles. The van der Waals surface area contributed by atoms with Gasteiger partial charge in [0.1, 0.15) is 0 Å². The van der Waals surface area contributed by atoms with Crippen LogP contribution >= 0.6 is 11.3 Å². The molecule has 0 aliphatic rings. The van der Waals surface area contributed by atoms with Crippen LogP contribution in [0.4, 0.5) is 0 Å². The minimum Gasteiger partial charge on any atom is -0.382 e. The summed E-state index contributed by atoms with van der Waals surface area (Å²) >= 11 is 1.78. The molecule has 1 aromatic rings. The van der Waals surface area contributed by atoms with E-state index in [2.05, 4.69) is 36.0 Å². The smallest absolute Gasteiger partial charge is 0.0543 e. The highest BCUT2D eigenvalue weighted by atomic mass is 32.1. The first-order valence-electron chi connectivity index (χ1n) is 6.53. The second-order valence-corrected chi connectivity index (χ2v) is 5.39. The minimum atomic E-state index is 0.364. The second kappa shape index (κ2) is 8.67. The predicted molar refractivity (Wildman–Crippen MR) is 75.8 cm³/mol. The summed E-state index contributed by atoms with van der Waals surface area (Å²) in [7, 11) is 1.79. The van der Waals surface area contributed by atoms with Crippen LogP contribution in [0.25, 0.3) is 0 Å². The van der Waals surface area contributed by atoms with Crippen molar-refractivity contribution >= 4 is 11.3 Å². The molecule has 2 unspecified atom stereocenters. The number of rotatable bonds is 9. The maximum atomic E-state index is 5.31. The average molecular weight is 255 g/mol. The molecule has 2 atom stereocenters. The van der Waals surface area contributed by atoms with Crippen LogP contribution in [-0.4, -0.2) is 25.8 Å². The van der Waals surface area contributed by atoms with Crippen LogP contribution in [0.5, 0.6) is 0 Å². The fraction of sp³-hybridized carbons (Fsp3) is 0.714. The SMILES string of the molecule is CCCNC(CCC(C)OC)Cc1ccsc1. The van der Waals surface area contributed by atoms with Gasteiger partial charge >= 0.3 is 0 Å². The van der Waals surface area contributed by atoms with Gasteiger partial charge in [-0.25, -0.2) is 0 Å². The van der Waals surface area contributed by atoms with Gasteiger partial charge in [0.25, 0.3) is 0 Å². The van der Waals surface area contributed by atoms with Crippen molar-refractivity contribution in [3.63, 3.8) is 0 Å². The van der Waals surface area contributed by atoms with Crippen molar-refractivity contribution in [2.75, 3.05) is 13.7 Å². The van der Waals surface area contributed by atoms with Crippen LogP contribution in [-0.2, 0) is 11.2 Å². The van der Waals surface area contributed by atoms with Crippen LogP contribution < -0.4 is 5.32 Å². The van der Waals surface area contributed by atoms with Crippen molar-refractivity contribution in [2.24, 2.45) is 0 Å². The number of methoxy groups -OCH3 is 1. The Balaban J connectivity index is 2.37. The van der Waals surface area contributed by atoms with E-state index in [9.17, 15) is 0 Å². The summed E-state index contributed by atoms with van der Waals surface area (Å²) in [6, 6.07) is 2.81. The molecule has 17 heavy (non-hydrogen) atoms. The molecule has 2 nitrogen and oxygen atoms in total. The molecule has 3 heteroatoms. The van der Waals surface area contributed by atoms with E-state index < -0.39 is 0 Å². The largest absolute Gasteiger partial charge is 0.382 e. The minimum absolute atomic E-state index is 0.364. The topological polar surface area (TPSA) is 21.3 Å². The van der Waals surface area contributed by atoms with E-state index in [0.717, 1.165) is 19.4 Å². The Bertz CT molecular complexity index is 274. The van der Waals surface area contributed by atoms with Gasteiger partial charge < -0.3 is 10.1 Å². The van der Waals surface area contributed by atoms with Gasteiger partial charge in [-0.3, -0.25) is 0 Å². The van der Waals surface area contributed by atoms with Crippen molar-refractivity contribution in [1.82, 2.24) is 5.32 Å². The van der Waals surface area contributed by atoms with E-state index in [-0.39, 0.29) is 0 Å². The summed E-state index contributed by atoms with van der Waals surface area (Å²) in [6.45, 7) is 5.46. The lowest BCUT2D eigenvalue weighted by Crippen LogP contribution is -2.32. The Morgan fingerprint density at radius 1 is 1.41 bits per heavy atom. The van der Waals surface area contributed by atoms with Gasteiger partial charge in [-0.05, 0) is 61.5 Å². The Labute approximate surface area is 109 Å². The molecule has 1 aromatic heterocycles. The Hall–Kier alpha value is -0.380. The first-order chi connectivity index (χ1) is 8.26. The van der Waals surface area contributed by atoms with Crippen molar-refractivity contribution in [2.45, 2.75) is 51.7 Å². The standard InChI is InChI=1S/C14H25NOS/c1-4-8-15-14(6-5-12(2)16-3)10-13-7-9-17-11-13/h7,9,11-12,14-15H,4-6,8,10H2,1-3H3. The number of thiophene rings is 1. The lowest BCUT2D eigenvalue weighted by Gasteiger charge is -2.19. The molecule has 1 N–H and O–H groups in total. The van der Waals surface area contributed by atoms with E-state index in [1.807, 2.05) is 0 Å². The molecule has 0 aromatic carbocycles. The Morgan fingerprint density at radius 2 is 2.24 bits per heavy atom. The zero-order chi connectivity index (χ0) is 12.5. The number of ether oxygens (including phenoxy) is 1. The van der Waals surface area contributed by atoms with E-state index in [1.54, 1.807) is 18.4 Å². The molecule has 1 rings (SSSR count). The van der Waals surface area contributed by atoms with Gasteiger partial charge in [-0.2, -0.15) is 11.3 Å². The van der Waals surface area contributed by atoms with Gasteiger partial charge in [-0.15, -0.1) is 0 Å². The second-order valence-electron chi connectivity index (χ2n) is 4.61. The van der Waals surface area contributed by atoms with Gasteiger partial charge in [0.05, 0.1) is 6.10 Å². The summed E-state index contributed by atoms with van der Waals surface area (Å²) in [6.07, 6.45) is 5.01. The van der Waals surface area contributed by atoms with Crippen molar-refractivity contribution < 1.29 is 4.74 Å². The lowest BCUT2D eigenvalue weighted by molar-refractivity contribution is 0.106. The van der Waals surface area contributed by atoms with Gasteiger partial charge in [0, 0.05) is 13.2 Å². The molecular weight excluding hydrogens is 230 g/mol. The predicted octanol–water partition coefficient (Wildman–Crippen LogP) is 3.47. The zero-order valence-electron chi connectivity index (χ0n) is 11.2.